The quantitative estimate of drug-likeness (QED) is 0.434. The van der Waals surface area contributed by atoms with Crippen LogP contribution in [0.5, 0.6) is 0 Å². The summed E-state index contributed by atoms with van der Waals surface area (Å²) in [4.78, 5) is 32.3. The zero-order valence-corrected chi connectivity index (χ0v) is 24.9. The lowest BCUT2D eigenvalue weighted by Crippen LogP contribution is -2.53. The van der Waals surface area contributed by atoms with E-state index in [0.717, 1.165) is 74.0 Å². The zero-order valence-electron chi connectivity index (χ0n) is 24.9. The lowest BCUT2D eigenvalue weighted by molar-refractivity contribution is -0.117. The van der Waals surface area contributed by atoms with Crippen molar-refractivity contribution in [3.05, 3.63) is 42.2 Å². The molecule has 1 saturated heterocycles. The fourth-order valence-corrected chi connectivity index (χ4v) is 6.34. The van der Waals surface area contributed by atoms with Crippen molar-refractivity contribution in [3.63, 3.8) is 0 Å². The van der Waals surface area contributed by atoms with Gasteiger partial charge in [0.05, 0.1) is 17.6 Å². The number of nitrogens with zero attached hydrogens (tertiary/aromatic N) is 6. The Morgan fingerprint density at radius 3 is 2.74 bits per heavy atom. The van der Waals surface area contributed by atoms with Crippen LogP contribution in [0, 0.1) is 11.8 Å². The van der Waals surface area contributed by atoms with Gasteiger partial charge in [0.1, 0.15) is 11.9 Å². The number of fused-ring (bicyclic) bond motifs is 2. The van der Waals surface area contributed by atoms with Crippen molar-refractivity contribution in [3.8, 4) is 0 Å². The van der Waals surface area contributed by atoms with Crippen molar-refractivity contribution < 1.29 is 9.53 Å². The second kappa shape index (κ2) is 12.2. The van der Waals surface area contributed by atoms with Crippen LogP contribution >= 0.6 is 0 Å². The van der Waals surface area contributed by atoms with Crippen molar-refractivity contribution in [1.29, 1.82) is 0 Å². The maximum atomic E-state index is 11.7. The van der Waals surface area contributed by atoms with Gasteiger partial charge in [-0.3, -0.25) is 10.1 Å². The van der Waals surface area contributed by atoms with Crippen molar-refractivity contribution in [2.45, 2.75) is 83.1 Å². The van der Waals surface area contributed by atoms with Crippen molar-refractivity contribution in [2.75, 3.05) is 20.1 Å². The molecule has 2 fully saturated rings. The average molecular weight is 574 g/mol. The van der Waals surface area contributed by atoms with Crippen molar-refractivity contribution in [1.82, 2.24) is 30.5 Å². The maximum absolute atomic E-state index is 11.7. The molecule has 2 aromatic rings. The highest BCUT2D eigenvalue weighted by Crippen LogP contribution is 2.33. The Labute approximate surface area is 247 Å². The number of hydrogen-bond donors (Lipinski definition) is 3. The molecule has 3 aliphatic heterocycles. The standard InChI is InChI=1S/C31H43N9O2/c1-5-27(41)34-22-9-7-21(8-10-22)28-35-25-11-6-20(16-26(25)36-28)17-32-30-38-31(42-23-12-14-39(4)15-13-23)37-29-24(19(2)3)18-33-40(29)30/h5-6,11,16,18-19,21-24,29H,1,7-10,12-15,17H2,2-4H3,(H,34,41)(H,35,36)(H,32,37,38). The Morgan fingerprint density at radius 1 is 1.21 bits per heavy atom. The van der Waals surface area contributed by atoms with Crippen LogP contribution < -0.4 is 10.6 Å². The molecule has 1 saturated carbocycles. The smallest absolute Gasteiger partial charge is 0.294 e. The fraction of sp³-hybridized carbons (Fsp3) is 0.581. The summed E-state index contributed by atoms with van der Waals surface area (Å²) in [6, 6.07) is 7.06. The molecule has 0 radical (unpaired) electrons. The van der Waals surface area contributed by atoms with Crippen LogP contribution in [-0.2, 0) is 16.1 Å². The average Bonchev–Trinajstić information content (AvgIpc) is 3.62. The van der Waals surface area contributed by atoms with Crippen LogP contribution in [0.25, 0.3) is 11.0 Å². The highest BCUT2D eigenvalue weighted by molar-refractivity contribution is 5.99. The molecule has 42 heavy (non-hydrogen) atoms. The van der Waals surface area contributed by atoms with Crippen molar-refractivity contribution in [2.24, 2.45) is 26.9 Å². The highest BCUT2D eigenvalue weighted by Gasteiger charge is 2.40. The number of carbonyl (C=O) groups excluding carboxylic acids is 1. The number of piperidine rings is 1. The summed E-state index contributed by atoms with van der Waals surface area (Å²) >= 11 is 0. The van der Waals surface area contributed by atoms with Gasteiger partial charge in [0.25, 0.3) is 6.02 Å². The molecule has 1 aliphatic carbocycles. The Kier molecular flexibility index (Phi) is 8.28. The number of rotatable bonds is 7. The van der Waals surface area contributed by atoms with E-state index in [4.69, 9.17) is 19.7 Å². The third kappa shape index (κ3) is 6.21. The second-order valence-electron chi connectivity index (χ2n) is 12.4. The minimum absolute atomic E-state index is 0.0956. The Hall–Kier alpha value is -3.73. The van der Waals surface area contributed by atoms with Gasteiger partial charge in [0.2, 0.25) is 11.9 Å². The lowest BCUT2D eigenvalue weighted by atomic mass is 9.85. The topological polar surface area (TPSA) is 123 Å². The van der Waals surface area contributed by atoms with Gasteiger partial charge >= 0.3 is 0 Å². The first-order chi connectivity index (χ1) is 20.4. The molecule has 4 heterocycles. The number of amides is 1. The number of hydrazone groups is 1. The number of likely N-dealkylation sites (tertiary alicyclic amines) is 1. The molecule has 4 aliphatic rings. The summed E-state index contributed by atoms with van der Waals surface area (Å²) in [5.41, 5.74) is 3.07. The molecule has 1 aromatic heterocycles. The van der Waals surface area contributed by atoms with E-state index in [9.17, 15) is 4.79 Å². The fourth-order valence-electron chi connectivity index (χ4n) is 6.34. The number of benzene rings is 1. The summed E-state index contributed by atoms with van der Waals surface area (Å²) < 4.78 is 6.36. The van der Waals surface area contributed by atoms with Crippen LogP contribution in [0.1, 0.15) is 69.7 Å². The third-order valence-electron chi connectivity index (χ3n) is 8.98. The maximum Gasteiger partial charge on any atom is 0.294 e. The third-order valence-corrected chi connectivity index (χ3v) is 8.98. The van der Waals surface area contributed by atoms with Gasteiger partial charge in [-0.1, -0.05) is 26.5 Å². The SMILES string of the molecule is C=CC(=O)NC1CCC(c2nc3ccc(CN=C4NC(OC5CCN(C)CC5)=NC5C(C(C)C)C=NN45)cc3[nH]2)CC1. The molecule has 224 valence electrons. The van der Waals surface area contributed by atoms with Gasteiger partial charge in [0.15, 0.2) is 6.17 Å². The first-order valence-corrected chi connectivity index (χ1v) is 15.4. The van der Waals surface area contributed by atoms with Gasteiger partial charge in [0, 0.05) is 37.2 Å². The van der Waals surface area contributed by atoms with Crippen LogP contribution in [0.15, 0.2) is 45.9 Å². The molecule has 11 nitrogen and oxygen atoms in total. The zero-order chi connectivity index (χ0) is 29.2. The normalized spacial score (nSPS) is 27.7. The van der Waals surface area contributed by atoms with Gasteiger partial charge in [-0.25, -0.2) is 20.0 Å². The van der Waals surface area contributed by atoms with E-state index in [1.165, 1.54) is 6.08 Å². The summed E-state index contributed by atoms with van der Waals surface area (Å²) in [6.45, 7) is 10.5. The van der Waals surface area contributed by atoms with Crippen LogP contribution in [0.2, 0.25) is 0 Å². The van der Waals surface area contributed by atoms with Crippen LogP contribution in [0.4, 0.5) is 0 Å². The van der Waals surface area contributed by atoms with E-state index < -0.39 is 0 Å². The van der Waals surface area contributed by atoms with Crippen molar-refractivity contribution >= 4 is 35.1 Å². The number of H-pyrrole nitrogens is 1. The molecular weight excluding hydrogens is 530 g/mol. The van der Waals surface area contributed by atoms with E-state index >= 15 is 0 Å². The second-order valence-corrected chi connectivity index (χ2v) is 12.4. The van der Waals surface area contributed by atoms with E-state index in [2.05, 4.69) is 71.3 Å². The van der Waals surface area contributed by atoms with Crippen LogP contribution in [0.3, 0.4) is 0 Å². The molecule has 3 N–H and O–H groups in total. The minimum atomic E-state index is -0.149. The Morgan fingerprint density at radius 2 is 2.00 bits per heavy atom. The number of imidazole rings is 1. The van der Waals surface area contributed by atoms with E-state index in [-0.39, 0.29) is 30.1 Å². The number of guanidine groups is 1. The first-order valence-electron chi connectivity index (χ1n) is 15.4. The molecule has 0 spiro atoms. The predicted molar refractivity (Wildman–Crippen MR) is 165 cm³/mol. The Balaban J connectivity index is 1.14. The van der Waals surface area contributed by atoms with Gasteiger partial charge in [-0.15, -0.1) is 0 Å². The molecule has 6 rings (SSSR count). The summed E-state index contributed by atoms with van der Waals surface area (Å²) in [5.74, 6) is 2.56. The number of aliphatic imine (C=N–C) groups is 2. The van der Waals surface area contributed by atoms with E-state index in [0.29, 0.717) is 30.4 Å². The molecular formula is C31H43N9O2. The monoisotopic (exact) mass is 573 g/mol. The molecule has 1 aromatic carbocycles. The molecule has 11 heteroatoms. The minimum Gasteiger partial charge on any atom is -0.462 e. The number of amidine groups is 1. The Bertz CT molecular complexity index is 1380. The molecule has 0 bridgehead atoms. The molecule has 1 amide bonds. The molecule has 2 unspecified atom stereocenters. The number of aromatic nitrogens is 2. The number of hydrogen-bond acceptors (Lipinski definition) is 7. The number of nitrogens with one attached hydrogen (secondary N) is 3. The van der Waals surface area contributed by atoms with Gasteiger partial charge < -0.3 is 19.9 Å². The number of aromatic amines is 1. The lowest BCUT2D eigenvalue weighted by Gasteiger charge is -2.34. The summed E-state index contributed by atoms with van der Waals surface area (Å²) in [6.07, 6.45) is 9.19. The predicted octanol–water partition coefficient (Wildman–Crippen LogP) is 3.72. The largest absolute Gasteiger partial charge is 0.462 e. The molecule has 2 atom stereocenters. The summed E-state index contributed by atoms with van der Waals surface area (Å²) in [5, 5.41) is 12.9. The summed E-state index contributed by atoms with van der Waals surface area (Å²) in [7, 11) is 2.15. The van der Waals surface area contributed by atoms with Gasteiger partial charge in [-0.2, -0.15) is 5.10 Å². The van der Waals surface area contributed by atoms with E-state index in [1.54, 1.807) is 0 Å². The number of ether oxygens (including phenoxy) is 1. The number of carbonyl (C=O) groups is 1. The first kappa shape index (κ1) is 28.4. The van der Waals surface area contributed by atoms with Gasteiger partial charge in [-0.05, 0) is 75.3 Å². The highest BCUT2D eigenvalue weighted by atomic mass is 16.5. The van der Waals surface area contributed by atoms with Crippen LogP contribution in [-0.4, -0.2) is 82.4 Å². The van der Waals surface area contributed by atoms with E-state index in [1.807, 2.05) is 11.2 Å².